The van der Waals surface area contributed by atoms with Gasteiger partial charge in [0, 0.05) is 13.1 Å². The molecule has 1 saturated carbocycles. The molecule has 0 bridgehead atoms. The number of hydrogen-bond acceptors (Lipinski definition) is 4. The number of carbonyl (C=O) groups excluding carboxylic acids is 1. The molecule has 0 aromatic carbocycles. The van der Waals surface area contributed by atoms with Crippen molar-refractivity contribution < 1.29 is 10.0 Å². The average Bonchev–Trinajstić information content (AvgIpc) is 3.04. The Bertz CT molecular complexity index is 338. The van der Waals surface area contributed by atoms with Crippen molar-refractivity contribution in [1.82, 2.24) is 10.2 Å². The number of hydrogen-bond donors (Lipinski definition) is 3. The van der Waals surface area contributed by atoms with E-state index in [2.05, 4.69) is 22.4 Å². The highest BCUT2D eigenvalue weighted by Gasteiger charge is 2.54. The van der Waals surface area contributed by atoms with Crippen LogP contribution in [-0.2, 0) is 4.79 Å². The van der Waals surface area contributed by atoms with Crippen molar-refractivity contribution in [1.29, 1.82) is 0 Å². The highest BCUT2D eigenvalue weighted by molar-refractivity contribution is 6.09. The van der Waals surface area contributed by atoms with Gasteiger partial charge < -0.3 is 21.2 Å². The number of oxime groups is 1. The molecule has 1 aliphatic carbocycles. The maximum absolute atomic E-state index is 12.0. The van der Waals surface area contributed by atoms with Gasteiger partial charge in [0.05, 0.1) is 0 Å². The molecule has 1 heterocycles. The Hall–Kier alpha value is -1.30. The third kappa shape index (κ3) is 2.36. The molecule has 1 amide bonds. The van der Waals surface area contributed by atoms with Crippen LogP contribution in [0.5, 0.6) is 0 Å². The van der Waals surface area contributed by atoms with E-state index < -0.39 is 5.41 Å². The fraction of sp³-hybridized carbons (Fsp3) is 0.818. The van der Waals surface area contributed by atoms with Crippen molar-refractivity contribution in [2.75, 3.05) is 26.7 Å². The summed E-state index contributed by atoms with van der Waals surface area (Å²) < 4.78 is 0. The van der Waals surface area contributed by atoms with Gasteiger partial charge in [-0.05, 0) is 38.8 Å². The van der Waals surface area contributed by atoms with Gasteiger partial charge >= 0.3 is 0 Å². The van der Waals surface area contributed by atoms with Crippen molar-refractivity contribution in [2.45, 2.75) is 19.3 Å². The molecule has 6 nitrogen and oxygen atoms in total. The van der Waals surface area contributed by atoms with Gasteiger partial charge in [-0.15, -0.1) is 0 Å². The summed E-state index contributed by atoms with van der Waals surface area (Å²) in [4.78, 5) is 14.2. The van der Waals surface area contributed by atoms with Crippen molar-refractivity contribution in [3.05, 3.63) is 0 Å². The SMILES string of the molecule is CN1CCC(CNC(=O)C2(C(N)=NO)CC2)C1. The predicted octanol–water partition coefficient (Wildman–Crippen LogP) is -0.419. The monoisotopic (exact) mass is 240 g/mol. The third-order valence-electron chi connectivity index (χ3n) is 3.82. The van der Waals surface area contributed by atoms with Crippen LogP contribution < -0.4 is 11.1 Å². The third-order valence-corrected chi connectivity index (χ3v) is 3.82. The van der Waals surface area contributed by atoms with Gasteiger partial charge in [0.1, 0.15) is 5.41 Å². The minimum atomic E-state index is -0.723. The van der Waals surface area contributed by atoms with Gasteiger partial charge in [0.2, 0.25) is 5.91 Å². The Kier molecular flexibility index (Phi) is 3.24. The number of amidine groups is 1. The lowest BCUT2D eigenvalue weighted by molar-refractivity contribution is -0.124. The van der Waals surface area contributed by atoms with E-state index in [-0.39, 0.29) is 11.7 Å². The van der Waals surface area contributed by atoms with E-state index >= 15 is 0 Å². The lowest BCUT2D eigenvalue weighted by Crippen LogP contribution is -2.42. The zero-order valence-corrected chi connectivity index (χ0v) is 10.1. The molecular formula is C11H20N4O2. The first kappa shape index (κ1) is 12.2. The smallest absolute Gasteiger partial charge is 0.233 e. The van der Waals surface area contributed by atoms with E-state index in [4.69, 9.17) is 10.9 Å². The lowest BCUT2D eigenvalue weighted by Gasteiger charge is -2.16. The Balaban J connectivity index is 1.82. The van der Waals surface area contributed by atoms with Crippen molar-refractivity contribution in [2.24, 2.45) is 22.2 Å². The summed E-state index contributed by atoms with van der Waals surface area (Å²) in [5, 5.41) is 14.5. The zero-order chi connectivity index (χ0) is 12.5. The summed E-state index contributed by atoms with van der Waals surface area (Å²) in [5.41, 5.74) is 4.83. The number of amides is 1. The normalized spacial score (nSPS) is 28.1. The number of carbonyl (C=O) groups is 1. The molecule has 4 N–H and O–H groups in total. The zero-order valence-electron chi connectivity index (χ0n) is 10.1. The lowest BCUT2D eigenvalue weighted by atomic mass is 10.0. The molecule has 0 aromatic heterocycles. The summed E-state index contributed by atoms with van der Waals surface area (Å²) in [6.07, 6.45) is 2.48. The van der Waals surface area contributed by atoms with Crippen LogP contribution in [0.1, 0.15) is 19.3 Å². The van der Waals surface area contributed by atoms with Crippen LogP contribution in [0.2, 0.25) is 0 Å². The maximum atomic E-state index is 12.0. The molecule has 2 rings (SSSR count). The minimum Gasteiger partial charge on any atom is -0.409 e. The Labute approximate surface area is 101 Å². The topological polar surface area (TPSA) is 91.0 Å². The van der Waals surface area contributed by atoms with Crippen LogP contribution >= 0.6 is 0 Å². The van der Waals surface area contributed by atoms with E-state index in [1.807, 2.05) is 0 Å². The summed E-state index contributed by atoms with van der Waals surface area (Å²) in [6.45, 7) is 2.80. The van der Waals surface area contributed by atoms with Gasteiger partial charge in [-0.1, -0.05) is 5.16 Å². The molecule has 1 aliphatic heterocycles. The van der Waals surface area contributed by atoms with Gasteiger partial charge in [-0.25, -0.2) is 0 Å². The first-order valence-corrected chi connectivity index (χ1v) is 6.03. The van der Waals surface area contributed by atoms with Crippen LogP contribution in [0.3, 0.4) is 0 Å². The van der Waals surface area contributed by atoms with Crippen LogP contribution in [-0.4, -0.2) is 48.5 Å². The average molecular weight is 240 g/mol. The van der Waals surface area contributed by atoms with Crippen molar-refractivity contribution >= 4 is 11.7 Å². The van der Waals surface area contributed by atoms with Gasteiger partial charge in [0.15, 0.2) is 5.84 Å². The van der Waals surface area contributed by atoms with E-state index in [9.17, 15) is 4.79 Å². The Morgan fingerprint density at radius 1 is 1.65 bits per heavy atom. The summed E-state index contributed by atoms with van der Waals surface area (Å²) >= 11 is 0. The molecule has 0 radical (unpaired) electrons. The molecule has 6 heteroatoms. The second kappa shape index (κ2) is 4.52. The second-order valence-electron chi connectivity index (χ2n) is 5.19. The highest BCUT2D eigenvalue weighted by atomic mass is 16.4. The Morgan fingerprint density at radius 3 is 2.82 bits per heavy atom. The molecule has 96 valence electrons. The van der Waals surface area contributed by atoms with Crippen molar-refractivity contribution in [3.8, 4) is 0 Å². The van der Waals surface area contributed by atoms with Crippen LogP contribution in [0.15, 0.2) is 5.16 Å². The van der Waals surface area contributed by atoms with Gasteiger partial charge in [-0.2, -0.15) is 0 Å². The molecule has 1 atom stereocenters. The first-order chi connectivity index (χ1) is 8.08. The van der Waals surface area contributed by atoms with Gasteiger partial charge in [0.25, 0.3) is 0 Å². The molecule has 0 spiro atoms. The van der Waals surface area contributed by atoms with E-state index in [0.717, 1.165) is 19.5 Å². The number of nitrogens with zero attached hydrogens (tertiary/aromatic N) is 2. The van der Waals surface area contributed by atoms with Gasteiger partial charge in [-0.3, -0.25) is 4.79 Å². The van der Waals surface area contributed by atoms with Crippen LogP contribution in [0, 0.1) is 11.3 Å². The molecule has 17 heavy (non-hydrogen) atoms. The van der Waals surface area contributed by atoms with Crippen LogP contribution in [0.25, 0.3) is 0 Å². The first-order valence-electron chi connectivity index (χ1n) is 6.03. The minimum absolute atomic E-state index is 0.0403. The molecular weight excluding hydrogens is 220 g/mol. The summed E-state index contributed by atoms with van der Waals surface area (Å²) in [7, 11) is 2.08. The van der Waals surface area contributed by atoms with E-state index in [1.165, 1.54) is 0 Å². The summed E-state index contributed by atoms with van der Waals surface area (Å²) in [6, 6.07) is 0. The summed E-state index contributed by atoms with van der Waals surface area (Å²) in [5.74, 6) is 0.466. The molecule has 1 saturated heterocycles. The molecule has 2 aliphatic rings. The van der Waals surface area contributed by atoms with Crippen LogP contribution in [0.4, 0.5) is 0 Å². The number of rotatable bonds is 4. The maximum Gasteiger partial charge on any atom is 0.233 e. The highest BCUT2D eigenvalue weighted by Crippen LogP contribution is 2.46. The predicted molar refractivity (Wildman–Crippen MR) is 63.7 cm³/mol. The number of likely N-dealkylation sites (tertiary alicyclic amines) is 1. The second-order valence-corrected chi connectivity index (χ2v) is 5.19. The quantitative estimate of drug-likeness (QED) is 0.269. The fourth-order valence-corrected chi connectivity index (χ4v) is 2.42. The van der Waals surface area contributed by atoms with Crippen molar-refractivity contribution in [3.63, 3.8) is 0 Å². The number of nitrogens with two attached hydrogens (primary N) is 1. The molecule has 0 aromatic rings. The fourth-order valence-electron chi connectivity index (χ4n) is 2.42. The molecule has 2 fully saturated rings. The standard InChI is InChI=1S/C11H20N4O2/c1-15-5-2-8(7-15)6-13-10(16)11(3-4-11)9(12)14-17/h8,17H,2-7H2,1H3,(H2,12,14)(H,13,16). The van der Waals surface area contributed by atoms with E-state index in [0.29, 0.717) is 25.3 Å². The van der Waals surface area contributed by atoms with E-state index in [1.54, 1.807) is 0 Å². The Morgan fingerprint density at radius 2 is 2.35 bits per heavy atom. The molecule has 1 unspecified atom stereocenters. The largest absolute Gasteiger partial charge is 0.409 e. The number of nitrogens with one attached hydrogen (secondary N) is 1.